The van der Waals surface area contributed by atoms with Crippen molar-refractivity contribution in [1.29, 1.82) is 0 Å². The summed E-state index contributed by atoms with van der Waals surface area (Å²) in [4.78, 5) is 28.2. The summed E-state index contributed by atoms with van der Waals surface area (Å²) in [5, 5.41) is 3.59. The molecule has 3 rings (SSSR count). The van der Waals surface area contributed by atoms with Crippen LogP contribution in [0.1, 0.15) is 38.2 Å². The van der Waals surface area contributed by atoms with E-state index in [2.05, 4.69) is 26.5 Å². The fourth-order valence-electron chi connectivity index (χ4n) is 3.17. The number of benzene rings is 1. The molecule has 0 amide bonds. The minimum absolute atomic E-state index is 0.295. The van der Waals surface area contributed by atoms with Crippen molar-refractivity contribution in [3.05, 3.63) is 55.5 Å². The van der Waals surface area contributed by atoms with Crippen molar-refractivity contribution in [3.8, 4) is 0 Å². The Labute approximate surface area is 163 Å². The van der Waals surface area contributed by atoms with Gasteiger partial charge in [-0.05, 0) is 0 Å². The maximum atomic E-state index is 11.9. The van der Waals surface area contributed by atoms with Crippen LogP contribution in [0.5, 0.6) is 0 Å². The maximum absolute atomic E-state index is 11.9. The van der Waals surface area contributed by atoms with E-state index in [1.165, 1.54) is 5.56 Å². The van der Waals surface area contributed by atoms with E-state index >= 15 is 0 Å². The van der Waals surface area contributed by atoms with Crippen LogP contribution in [0.4, 0.5) is 0 Å². The van der Waals surface area contributed by atoms with Crippen molar-refractivity contribution in [2.45, 2.75) is 38.1 Å². The van der Waals surface area contributed by atoms with Gasteiger partial charge >= 0.3 is 164 Å². The third-order valence-corrected chi connectivity index (χ3v) is 6.54. The van der Waals surface area contributed by atoms with Crippen LogP contribution in [0, 0.1) is 0 Å². The fourth-order valence-corrected chi connectivity index (χ4v) is 4.81. The number of esters is 1. The molecule has 0 radical (unpaired) electrons. The fraction of sp³-hybridized carbons (Fsp3) is 0.350. The molecule has 0 bridgehead atoms. The molecule has 1 N–H and O–H groups in total. The average Bonchev–Trinajstić information content (AvgIpc) is 2.90. The average molecular weight is 465 g/mol. The first-order chi connectivity index (χ1) is 12.6. The summed E-state index contributed by atoms with van der Waals surface area (Å²) >= 11 is -0.448. The number of carbonyl (C=O) groups excluding carboxylic acids is 2. The van der Waals surface area contributed by atoms with E-state index in [4.69, 9.17) is 4.74 Å². The Hall–Kier alpha value is -1.96. The van der Waals surface area contributed by atoms with Crippen molar-refractivity contribution in [1.82, 2.24) is 5.32 Å². The summed E-state index contributed by atoms with van der Waals surface area (Å²) in [7, 11) is 0. The quantitative estimate of drug-likeness (QED) is 0.493. The first-order valence-electron chi connectivity index (χ1n) is 8.72. The molecule has 0 unspecified atom stereocenters. The van der Waals surface area contributed by atoms with E-state index in [-0.39, 0.29) is 11.5 Å². The Kier molecular flexibility index (Phi) is 6.24. The molecule has 0 spiro atoms. The van der Waals surface area contributed by atoms with Crippen LogP contribution < -0.4 is 26.5 Å². The molecule has 5 nitrogen and oxygen atoms in total. The normalized spacial score (nSPS) is 19.5. The van der Waals surface area contributed by atoms with Crippen LogP contribution in [0.15, 0.2) is 54.9 Å². The zero-order valence-electron chi connectivity index (χ0n) is 14.7. The molecule has 0 atom stereocenters. The first-order valence-corrected chi connectivity index (χ1v) is 11.2. The van der Waals surface area contributed by atoms with Gasteiger partial charge in [-0.1, -0.05) is 0 Å². The van der Waals surface area contributed by atoms with Crippen LogP contribution in [-0.4, -0.2) is 24.6 Å². The molecule has 138 valence electrons. The van der Waals surface area contributed by atoms with Crippen LogP contribution in [0.25, 0.3) is 0 Å². The van der Waals surface area contributed by atoms with Crippen molar-refractivity contribution in [3.63, 3.8) is 0 Å². The van der Waals surface area contributed by atoms with Crippen LogP contribution in [-0.2, 0) is 19.9 Å². The van der Waals surface area contributed by atoms with Gasteiger partial charge in [0.1, 0.15) is 0 Å². The predicted molar refractivity (Wildman–Crippen MR) is 96.0 cm³/mol. The number of halogens is 1. The standard InChI is InChI=1S/C20H22IN2O3/c1-2-26-19(25)15-12-21-13-18(22-14-15)23-20(10-8-17(24)9-11-20)16-6-4-3-5-7-16/h3-7,12-14,23H,2,8-11H2,1H3/q-1. The van der Waals surface area contributed by atoms with E-state index in [9.17, 15) is 9.59 Å². The van der Waals surface area contributed by atoms with Crippen molar-refractivity contribution < 1.29 is 35.5 Å². The van der Waals surface area contributed by atoms with Gasteiger partial charge in [-0.3, -0.25) is 0 Å². The second-order valence-corrected chi connectivity index (χ2v) is 8.24. The van der Waals surface area contributed by atoms with Crippen LogP contribution in [0.3, 0.4) is 0 Å². The molecule has 1 fully saturated rings. The Morgan fingerprint density at radius 2 is 1.96 bits per heavy atom. The molecule has 1 heterocycles. The van der Waals surface area contributed by atoms with Crippen molar-refractivity contribution >= 4 is 18.0 Å². The molecule has 26 heavy (non-hydrogen) atoms. The van der Waals surface area contributed by atoms with Gasteiger partial charge in [-0.15, -0.1) is 0 Å². The van der Waals surface area contributed by atoms with Crippen LogP contribution >= 0.6 is 0 Å². The number of ketones is 1. The second-order valence-electron chi connectivity index (χ2n) is 6.28. The SMILES string of the molecule is CCOC(=O)C1=C[I-]C=C(NC2(c3ccccc3)CCC(=O)CC2)N=C1. The number of hydrogen-bond acceptors (Lipinski definition) is 5. The number of rotatable bonds is 5. The summed E-state index contributed by atoms with van der Waals surface area (Å²) in [6, 6.07) is 10.2. The Morgan fingerprint density at radius 1 is 1.23 bits per heavy atom. The van der Waals surface area contributed by atoms with Gasteiger partial charge in [0.25, 0.3) is 0 Å². The summed E-state index contributed by atoms with van der Waals surface area (Å²) in [6.07, 6.45) is 4.22. The van der Waals surface area contributed by atoms with E-state index in [0.29, 0.717) is 30.8 Å². The van der Waals surface area contributed by atoms with Crippen molar-refractivity contribution in [2.75, 3.05) is 6.61 Å². The number of carbonyl (C=O) groups is 2. The van der Waals surface area contributed by atoms with Crippen LogP contribution in [0.2, 0.25) is 0 Å². The van der Waals surface area contributed by atoms with Gasteiger partial charge in [0.15, 0.2) is 0 Å². The van der Waals surface area contributed by atoms with Crippen molar-refractivity contribution in [2.24, 2.45) is 4.99 Å². The van der Waals surface area contributed by atoms with Gasteiger partial charge in [-0.25, -0.2) is 0 Å². The van der Waals surface area contributed by atoms with E-state index in [1.54, 1.807) is 13.1 Å². The van der Waals surface area contributed by atoms with Gasteiger partial charge in [0, 0.05) is 0 Å². The van der Waals surface area contributed by atoms with E-state index in [1.807, 2.05) is 22.3 Å². The minimum atomic E-state index is -0.448. The number of nitrogens with one attached hydrogen (secondary N) is 1. The summed E-state index contributed by atoms with van der Waals surface area (Å²) in [6.45, 7) is 2.15. The van der Waals surface area contributed by atoms with Gasteiger partial charge in [0.2, 0.25) is 0 Å². The number of aliphatic imine (C=N–C) groups is 1. The summed E-state index contributed by atoms with van der Waals surface area (Å²) in [5.74, 6) is 0.758. The number of ether oxygens (including phenoxy) is 1. The first kappa shape index (κ1) is 18.8. The number of nitrogens with zero attached hydrogens (tertiary/aromatic N) is 1. The third-order valence-electron chi connectivity index (χ3n) is 4.56. The summed E-state index contributed by atoms with van der Waals surface area (Å²) in [5.41, 5.74) is 1.39. The topological polar surface area (TPSA) is 67.8 Å². The molecule has 0 aromatic heterocycles. The molecule has 1 aliphatic carbocycles. The van der Waals surface area contributed by atoms with Gasteiger partial charge in [-0.2, -0.15) is 0 Å². The second kappa shape index (κ2) is 8.62. The van der Waals surface area contributed by atoms with E-state index < -0.39 is 21.2 Å². The molecule has 1 aliphatic heterocycles. The molecule has 1 aromatic carbocycles. The number of hydrogen-bond donors (Lipinski definition) is 1. The molecule has 6 heteroatoms. The zero-order valence-corrected chi connectivity index (χ0v) is 16.9. The molecule has 2 aliphatic rings. The molecular formula is C20H22IN2O3-. The Bertz CT molecular complexity index is 759. The van der Waals surface area contributed by atoms with Gasteiger partial charge < -0.3 is 0 Å². The Balaban J connectivity index is 1.80. The summed E-state index contributed by atoms with van der Waals surface area (Å²) < 4.78 is 9.06. The van der Waals surface area contributed by atoms with Gasteiger partial charge in [0.05, 0.1) is 0 Å². The molecular weight excluding hydrogens is 443 g/mol. The zero-order chi connectivity index (χ0) is 18.4. The molecule has 0 saturated heterocycles. The third kappa shape index (κ3) is 4.41. The molecule has 1 saturated carbocycles. The molecule has 1 aromatic rings. The predicted octanol–water partition coefficient (Wildman–Crippen LogP) is 0.0339. The number of Topliss-reactive ketones (excluding diaryl/α,β-unsaturated/α-hetero) is 1. The Morgan fingerprint density at radius 3 is 2.65 bits per heavy atom. The van der Waals surface area contributed by atoms with E-state index in [0.717, 1.165) is 18.7 Å². The monoisotopic (exact) mass is 465 g/mol.